The Balaban J connectivity index is 1.07. The second-order valence-corrected chi connectivity index (χ2v) is 21.6. The fourth-order valence-electron chi connectivity index (χ4n) is 9.11. The number of ether oxygens (including phenoxy) is 1. The summed E-state index contributed by atoms with van der Waals surface area (Å²) >= 11 is 1.63. The zero-order valence-electron chi connectivity index (χ0n) is 35.2. The number of sulfonamides is 1. The van der Waals surface area contributed by atoms with Gasteiger partial charge in [0.15, 0.2) is 11.6 Å². The highest BCUT2D eigenvalue weighted by atomic mass is 32.2. The van der Waals surface area contributed by atoms with Gasteiger partial charge in [-0.15, -0.1) is 17.9 Å². The number of benzene rings is 2. The lowest BCUT2D eigenvalue weighted by Crippen LogP contribution is -2.48. The van der Waals surface area contributed by atoms with Crippen LogP contribution in [0.5, 0.6) is 5.88 Å². The van der Waals surface area contributed by atoms with Gasteiger partial charge in [-0.1, -0.05) is 51.1 Å². The Kier molecular flexibility index (Phi) is 10.8. The first-order valence-electron chi connectivity index (χ1n) is 21.4. The van der Waals surface area contributed by atoms with Crippen molar-refractivity contribution < 1.29 is 45.1 Å². The number of allylic oxidation sites excluding steroid dienone is 1. The highest BCUT2D eigenvalue weighted by Gasteiger charge is 2.61. The van der Waals surface area contributed by atoms with Crippen molar-refractivity contribution in [1.29, 1.82) is 0 Å². The van der Waals surface area contributed by atoms with Gasteiger partial charge in [0.05, 0.1) is 39.5 Å². The highest BCUT2D eigenvalue weighted by Crippen LogP contribution is 2.57. The number of nitrogens with zero attached hydrogens (tertiary/aromatic N) is 4. The molecule has 9 rings (SSSR count). The molecule has 3 aromatic heterocycles. The van der Waals surface area contributed by atoms with Gasteiger partial charge in [-0.25, -0.2) is 18.4 Å². The zero-order valence-corrected chi connectivity index (χ0v) is 36.8. The van der Waals surface area contributed by atoms with Crippen LogP contribution in [-0.4, -0.2) is 69.8 Å². The number of likely N-dealkylation sites (tertiary alicyclic amines) is 1. The van der Waals surface area contributed by atoms with Crippen molar-refractivity contribution in [2.24, 2.45) is 22.7 Å². The van der Waals surface area contributed by atoms with Crippen LogP contribution >= 0.6 is 11.3 Å². The van der Waals surface area contributed by atoms with Gasteiger partial charge in [0.1, 0.15) is 17.2 Å². The molecule has 0 spiro atoms. The molecule has 1 aliphatic heterocycles. The van der Waals surface area contributed by atoms with Gasteiger partial charge in [0.2, 0.25) is 27.4 Å². The van der Waals surface area contributed by atoms with Crippen molar-refractivity contribution in [2.45, 2.75) is 109 Å². The van der Waals surface area contributed by atoms with E-state index in [1.165, 1.54) is 21.9 Å². The predicted molar refractivity (Wildman–Crippen MR) is 230 cm³/mol. The molecule has 2 amide bonds. The number of furan rings is 1. The Morgan fingerprint density at radius 2 is 1.78 bits per heavy atom. The molecule has 12 nitrogen and oxygen atoms in total. The van der Waals surface area contributed by atoms with E-state index < -0.39 is 73.5 Å². The van der Waals surface area contributed by atoms with Crippen molar-refractivity contribution >= 4 is 61.0 Å². The number of aryl methyl sites for hydroxylation is 2. The molecule has 3 fully saturated rings. The molecule has 1 saturated heterocycles. The summed E-state index contributed by atoms with van der Waals surface area (Å²) in [6, 6.07) is 10.5. The van der Waals surface area contributed by atoms with Crippen LogP contribution in [0, 0.1) is 22.7 Å². The number of fused-ring (bicyclic) bond motifs is 4. The van der Waals surface area contributed by atoms with Gasteiger partial charge in [-0.05, 0) is 80.5 Å². The van der Waals surface area contributed by atoms with Gasteiger partial charge in [-0.3, -0.25) is 19.1 Å². The van der Waals surface area contributed by atoms with E-state index in [4.69, 9.17) is 19.1 Å². The van der Waals surface area contributed by atoms with E-state index in [9.17, 15) is 31.2 Å². The number of hydrogen-bond donors (Lipinski definition) is 1. The molecule has 5 aromatic rings. The number of para-hydroxylation sites is 1. The molecule has 0 unspecified atom stereocenters. The summed E-state index contributed by atoms with van der Waals surface area (Å²) in [5.74, 6) is -2.45. The number of alkyl halides is 3. The summed E-state index contributed by atoms with van der Waals surface area (Å²) in [5.41, 5.74) is -0.361. The molecule has 63 heavy (non-hydrogen) atoms. The van der Waals surface area contributed by atoms with Crippen LogP contribution in [0.15, 0.2) is 65.6 Å². The summed E-state index contributed by atoms with van der Waals surface area (Å²) in [7, 11) is -3.91. The summed E-state index contributed by atoms with van der Waals surface area (Å²) in [6.07, 6.45) is 1.35. The monoisotopic (exact) mass is 903 g/mol. The maximum Gasteiger partial charge on any atom is 0.416 e. The van der Waals surface area contributed by atoms with Gasteiger partial charge in [0, 0.05) is 41.0 Å². The Morgan fingerprint density at radius 1 is 1.05 bits per heavy atom. The molecule has 1 N–H and O–H groups in total. The van der Waals surface area contributed by atoms with Crippen LogP contribution < -0.4 is 9.46 Å². The maximum absolute atomic E-state index is 15.1. The fraction of sp³-hybridized carbons (Fsp3) is 0.478. The fourth-order valence-corrected chi connectivity index (χ4v) is 11.7. The minimum atomic E-state index is -4.55. The quantitative estimate of drug-likeness (QED) is 0.114. The number of amides is 2. The third kappa shape index (κ3) is 8.38. The number of rotatable bonds is 13. The largest absolute Gasteiger partial charge is 0.470 e. The van der Waals surface area contributed by atoms with Crippen molar-refractivity contribution in [3.8, 4) is 17.3 Å². The normalized spacial score (nSPS) is 23.1. The van der Waals surface area contributed by atoms with Gasteiger partial charge >= 0.3 is 6.18 Å². The first kappa shape index (κ1) is 43.1. The van der Waals surface area contributed by atoms with Crippen LogP contribution in [0.2, 0.25) is 0 Å². The number of aromatic nitrogens is 3. The number of hydrogen-bond acceptors (Lipinski definition) is 11. The number of carbonyl (C=O) groups excluding carboxylic acids is 3. The lowest BCUT2D eigenvalue weighted by molar-refractivity contribution is -0.144. The predicted octanol–water partition coefficient (Wildman–Crippen LogP) is 8.41. The molecule has 3 aliphatic carbocycles. The lowest BCUT2D eigenvalue weighted by Gasteiger charge is -2.35. The molecule has 5 atom stereocenters. The summed E-state index contributed by atoms with van der Waals surface area (Å²) < 4.78 is 81.4. The molecule has 0 radical (unpaired) electrons. The molecule has 0 bridgehead atoms. The second-order valence-electron chi connectivity index (χ2n) is 18.5. The average molecular weight is 904 g/mol. The number of carbonyl (C=O) groups is 3. The molecular weight excluding hydrogens is 856 g/mol. The summed E-state index contributed by atoms with van der Waals surface area (Å²) in [6.45, 7) is 9.73. The van der Waals surface area contributed by atoms with Crippen LogP contribution in [0.3, 0.4) is 0 Å². The number of halogens is 3. The highest BCUT2D eigenvalue weighted by molar-refractivity contribution is 7.90. The van der Waals surface area contributed by atoms with E-state index in [2.05, 4.69) is 16.3 Å². The van der Waals surface area contributed by atoms with Crippen molar-refractivity contribution in [1.82, 2.24) is 24.6 Å². The van der Waals surface area contributed by atoms with Crippen molar-refractivity contribution in [2.75, 3.05) is 6.54 Å². The Bertz CT molecular complexity index is 2730. The van der Waals surface area contributed by atoms with Crippen LogP contribution in [0.1, 0.15) is 86.9 Å². The van der Waals surface area contributed by atoms with E-state index in [1.54, 1.807) is 41.7 Å². The van der Waals surface area contributed by atoms with Gasteiger partial charge < -0.3 is 14.1 Å². The summed E-state index contributed by atoms with van der Waals surface area (Å²) in [5, 5.41) is 0.830. The standard InChI is InChI=1S/C46H48F3N5O7S2/c1-5-26-22-45(26,43(57)53-63(58,59)29-18-19-29)23-34(55)33-20-28(24-54(33)42(56)31(44(2,3)4)21-37-50-32-11-7-9-13-36(32)62-37)60-41-39-38(30-10-6-8-12-35(30)61-39)51-40(52-41)25-14-16-27(17-15-25)46(47,48)49/h5-6,8,10,12,14-17,26,28-29,31,33H,1,7,9,11,13,18-24H2,2-4H3,(H,53,57)/t26-,28-,31-,33+,45-/m1/s1. The van der Waals surface area contributed by atoms with E-state index in [1.807, 2.05) is 20.8 Å². The molecule has 4 heterocycles. The van der Waals surface area contributed by atoms with Crippen LogP contribution in [0.4, 0.5) is 13.2 Å². The van der Waals surface area contributed by atoms with Crippen molar-refractivity contribution in [3.63, 3.8) is 0 Å². The molecule has 2 aromatic carbocycles. The van der Waals surface area contributed by atoms with Gasteiger partial charge in [0.25, 0.3) is 5.88 Å². The first-order chi connectivity index (χ1) is 29.8. The van der Waals surface area contributed by atoms with E-state index in [0.717, 1.165) is 48.5 Å². The van der Waals surface area contributed by atoms with E-state index in [-0.39, 0.29) is 49.0 Å². The molecule has 2 saturated carbocycles. The molecular formula is C46H48F3N5O7S2. The molecule has 332 valence electrons. The van der Waals surface area contributed by atoms with Crippen LogP contribution in [-0.2, 0) is 49.8 Å². The SMILES string of the molecule is C=C[C@@H]1C[C@]1(CC(=O)[C@@H]1C[C@@H](Oc2nc(-c3ccc(C(F)(F)F)cc3)nc3c2oc2ccccc23)CN1C(=O)[C@@H](Cc1nc2c(s1)CCCC2)C(C)(C)C)C(=O)NS(=O)(=O)C1CC1. The number of ketones is 1. The Labute approximate surface area is 366 Å². The van der Waals surface area contributed by atoms with E-state index in [0.29, 0.717) is 41.3 Å². The van der Waals surface area contributed by atoms with Gasteiger partial charge in [-0.2, -0.15) is 18.2 Å². The smallest absolute Gasteiger partial charge is 0.416 e. The third-order valence-corrected chi connectivity index (χ3v) is 16.0. The van der Waals surface area contributed by atoms with E-state index >= 15 is 4.79 Å². The topological polar surface area (TPSA) is 162 Å². The third-order valence-electron chi connectivity index (χ3n) is 13.0. The number of nitrogens with one attached hydrogen (secondary N) is 1. The average Bonchev–Trinajstić information content (AvgIpc) is 4.09. The summed E-state index contributed by atoms with van der Waals surface area (Å²) in [4.78, 5) is 60.8. The minimum Gasteiger partial charge on any atom is -0.470 e. The molecule has 4 aliphatic rings. The second kappa shape index (κ2) is 15.8. The number of thiazole rings is 1. The zero-order chi connectivity index (χ0) is 44.6. The molecule has 17 heteroatoms. The maximum atomic E-state index is 15.1. The Hall–Kier alpha value is -5.16. The first-order valence-corrected chi connectivity index (χ1v) is 23.7. The lowest BCUT2D eigenvalue weighted by atomic mass is 9.77. The minimum absolute atomic E-state index is 0.00511. The van der Waals surface area contributed by atoms with Crippen molar-refractivity contribution in [3.05, 3.63) is 82.3 Å². The van der Waals surface area contributed by atoms with Crippen LogP contribution in [0.25, 0.3) is 33.5 Å². The number of Topliss-reactive ketones (excluding diaryl/α,β-unsaturated/α-hetero) is 1. The Morgan fingerprint density at radius 3 is 2.44 bits per heavy atom.